The lowest BCUT2D eigenvalue weighted by Crippen LogP contribution is -2.07. The van der Waals surface area contributed by atoms with Crippen LogP contribution in [0.1, 0.15) is 11.4 Å². The normalized spacial score (nSPS) is 11.2. The fourth-order valence-corrected chi connectivity index (χ4v) is 2.34. The second-order valence-electron chi connectivity index (χ2n) is 3.68. The Labute approximate surface area is 97.6 Å². The first kappa shape index (κ1) is 10.6. The third-order valence-electron chi connectivity index (χ3n) is 2.60. The van der Waals surface area contributed by atoms with E-state index in [1.165, 1.54) is 11.1 Å². The van der Waals surface area contributed by atoms with Gasteiger partial charge in [-0.1, -0.05) is 15.9 Å². The minimum atomic E-state index is 0.856. The van der Waals surface area contributed by atoms with Crippen LogP contribution in [0.3, 0.4) is 0 Å². The Morgan fingerprint density at radius 1 is 1.47 bits per heavy atom. The average molecular weight is 268 g/mol. The van der Waals surface area contributed by atoms with E-state index in [2.05, 4.69) is 50.0 Å². The number of nitrogens with zero attached hydrogens (tertiary/aromatic N) is 2. The highest BCUT2D eigenvalue weighted by atomic mass is 79.9. The van der Waals surface area contributed by atoms with Crippen LogP contribution in [0.25, 0.3) is 11.0 Å². The van der Waals surface area contributed by atoms with Crippen molar-refractivity contribution in [2.75, 3.05) is 7.05 Å². The zero-order valence-corrected chi connectivity index (χ0v) is 10.7. The smallest absolute Gasteiger partial charge is 0.106 e. The number of nitrogens with one attached hydrogen (secondary N) is 1. The van der Waals surface area contributed by atoms with Crippen molar-refractivity contribution < 1.29 is 0 Å². The zero-order valence-electron chi connectivity index (χ0n) is 9.13. The van der Waals surface area contributed by atoms with Gasteiger partial charge < -0.3 is 9.88 Å². The number of benzene rings is 1. The van der Waals surface area contributed by atoms with Crippen molar-refractivity contribution >= 4 is 27.0 Å². The van der Waals surface area contributed by atoms with E-state index in [1.807, 2.05) is 14.0 Å². The number of rotatable bonds is 2. The summed E-state index contributed by atoms with van der Waals surface area (Å²) in [6.07, 6.45) is 0. The Morgan fingerprint density at radius 2 is 2.20 bits per heavy atom. The lowest BCUT2D eigenvalue weighted by atomic mass is 10.2. The minimum Gasteiger partial charge on any atom is -0.331 e. The molecule has 0 saturated carbocycles. The van der Waals surface area contributed by atoms with Gasteiger partial charge in [0, 0.05) is 18.1 Å². The molecule has 0 bridgehead atoms. The Bertz CT molecular complexity index is 502. The van der Waals surface area contributed by atoms with E-state index < -0.39 is 0 Å². The highest BCUT2D eigenvalue weighted by molar-refractivity contribution is 9.10. The number of imidazole rings is 1. The van der Waals surface area contributed by atoms with Gasteiger partial charge in [-0.3, -0.25) is 0 Å². The molecule has 1 aromatic heterocycles. The SMILES string of the molecule is CNCc1cc(Br)cc2nc(C)n(C)c12. The Kier molecular flexibility index (Phi) is 2.80. The summed E-state index contributed by atoms with van der Waals surface area (Å²) < 4.78 is 3.22. The third kappa shape index (κ3) is 1.79. The largest absolute Gasteiger partial charge is 0.331 e. The molecule has 1 aromatic carbocycles. The quantitative estimate of drug-likeness (QED) is 0.906. The van der Waals surface area contributed by atoms with Crippen LogP contribution in [0, 0.1) is 6.92 Å². The van der Waals surface area contributed by atoms with Gasteiger partial charge in [-0.25, -0.2) is 4.98 Å². The van der Waals surface area contributed by atoms with Gasteiger partial charge in [-0.2, -0.15) is 0 Å². The minimum absolute atomic E-state index is 0.856. The first-order valence-corrected chi connectivity index (χ1v) is 5.69. The number of fused-ring (bicyclic) bond motifs is 1. The molecule has 0 aliphatic rings. The van der Waals surface area contributed by atoms with Crippen LogP contribution < -0.4 is 5.32 Å². The number of aromatic nitrogens is 2. The molecule has 15 heavy (non-hydrogen) atoms. The van der Waals surface area contributed by atoms with Crippen LogP contribution >= 0.6 is 15.9 Å². The van der Waals surface area contributed by atoms with Gasteiger partial charge in [0.2, 0.25) is 0 Å². The molecule has 0 radical (unpaired) electrons. The molecule has 0 saturated heterocycles. The molecular formula is C11H14BrN3. The summed E-state index contributed by atoms with van der Waals surface area (Å²) in [6.45, 7) is 2.88. The molecule has 0 spiro atoms. The molecule has 3 nitrogen and oxygen atoms in total. The summed E-state index contributed by atoms with van der Waals surface area (Å²) in [5.74, 6) is 1.04. The standard InChI is InChI=1S/C11H14BrN3/c1-7-14-10-5-9(12)4-8(6-13-2)11(10)15(7)3/h4-5,13H,6H2,1-3H3. The van der Waals surface area contributed by atoms with E-state index in [9.17, 15) is 0 Å². The lowest BCUT2D eigenvalue weighted by Gasteiger charge is -2.05. The topological polar surface area (TPSA) is 29.9 Å². The molecule has 4 heteroatoms. The Balaban J connectivity index is 2.75. The highest BCUT2D eigenvalue weighted by Gasteiger charge is 2.09. The van der Waals surface area contributed by atoms with Gasteiger partial charge in [0.05, 0.1) is 11.0 Å². The van der Waals surface area contributed by atoms with Gasteiger partial charge in [-0.15, -0.1) is 0 Å². The summed E-state index contributed by atoms with van der Waals surface area (Å²) in [4.78, 5) is 4.52. The maximum atomic E-state index is 4.52. The molecule has 0 fully saturated rings. The average Bonchev–Trinajstić information content (AvgIpc) is 2.42. The van der Waals surface area contributed by atoms with Crippen LogP contribution in [0.5, 0.6) is 0 Å². The fourth-order valence-electron chi connectivity index (χ4n) is 1.85. The van der Waals surface area contributed by atoms with Gasteiger partial charge in [0.25, 0.3) is 0 Å². The molecule has 0 aliphatic heterocycles. The monoisotopic (exact) mass is 267 g/mol. The van der Waals surface area contributed by atoms with E-state index in [0.717, 1.165) is 22.4 Å². The van der Waals surface area contributed by atoms with Crippen molar-refractivity contribution in [2.24, 2.45) is 7.05 Å². The van der Waals surface area contributed by atoms with Gasteiger partial charge >= 0.3 is 0 Å². The van der Waals surface area contributed by atoms with Gasteiger partial charge in [0.1, 0.15) is 5.82 Å². The van der Waals surface area contributed by atoms with Crippen LogP contribution in [0.2, 0.25) is 0 Å². The van der Waals surface area contributed by atoms with Crippen molar-refractivity contribution in [1.82, 2.24) is 14.9 Å². The molecule has 0 atom stereocenters. The molecule has 1 N–H and O–H groups in total. The van der Waals surface area contributed by atoms with E-state index in [-0.39, 0.29) is 0 Å². The lowest BCUT2D eigenvalue weighted by molar-refractivity contribution is 0.809. The second-order valence-corrected chi connectivity index (χ2v) is 4.60. The Morgan fingerprint density at radius 3 is 2.87 bits per heavy atom. The van der Waals surface area contributed by atoms with E-state index in [4.69, 9.17) is 0 Å². The molecular weight excluding hydrogens is 254 g/mol. The van der Waals surface area contributed by atoms with E-state index >= 15 is 0 Å². The predicted octanol–water partition coefficient (Wildman–Crippen LogP) is 2.36. The first-order chi connectivity index (χ1) is 7.13. The van der Waals surface area contributed by atoms with Crippen molar-refractivity contribution in [2.45, 2.75) is 13.5 Å². The van der Waals surface area contributed by atoms with E-state index in [0.29, 0.717) is 0 Å². The van der Waals surface area contributed by atoms with Crippen LogP contribution in [-0.4, -0.2) is 16.6 Å². The van der Waals surface area contributed by atoms with Crippen molar-refractivity contribution in [3.63, 3.8) is 0 Å². The Hall–Kier alpha value is -0.870. The number of halogens is 1. The maximum Gasteiger partial charge on any atom is 0.106 e. The summed E-state index contributed by atoms with van der Waals surface area (Å²) >= 11 is 3.51. The zero-order chi connectivity index (χ0) is 11.0. The molecule has 0 unspecified atom stereocenters. The van der Waals surface area contributed by atoms with Crippen LogP contribution in [0.15, 0.2) is 16.6 Å². The number of hydrogen-bond acceptors (Lipinski definition) is 2. The highest BCUT2D eigenvalue weighted by Crippen LogP contribution is 2.24. The molecule has 80 valence electrons. The summed E-state index contributed by atoms with van der Waals surface area (Å²) in [5, 5.41) is 3.18. The summed E-state index contributed by atoms with van der Waals surface area (Å²) in [5.41, 5.74) is 3.53. The van der Waals surface area contributed by atoms with E-state index in [1.54, 1.807) is 0 Å². The number of hydrogen-bond donors (Lipinski definition) is 1. The summed E-state index contributed by atoms with van der Waals surface area (Å²) in [6, 6.07) is 4.20. The van der Waals surface area contributed by atoms with Crippen molar-refractivity contribution in [3.05, 3.63) is 28.0 Å². The molecule has 0 amide bonds. The predicted molar refractivity (Wildman–Crippen MR) is 65.9 cm³/mol. The molecule has 2 aromatic rings. The van der Waals surface area contributed by atoms with Gasteiger partial charge in [-0.05, 0) is 31.7 Å². The van der Waals surface area contributed by atoms with Crippen LogP contribution in [0.4, 0.5) is 0 Å². The molecule has 0 aliphatic carbocycles. The van der Waals surface area contributed by atoms with Crippen molar-refractivity contribution in [3.8, 4) is 0 Å². The number of aryl methyl sites for hydroxylation is 2. The second kappa shape index (κ2) is 3.94. The van der Waals surface area contributed by atoms with Gasteiger partial charge in [0.15, 0.2) is 0 Å². The summed E-state index contributed by atoms with van der Waals surface area (Å²) in [7, 11) is 4.01. The van der Waals surface area contributed by atoms with Crippen molar-refractivity contribution in [1.29, 1.82) is 0 Å². The van der Waals surface area contributed by atoms with Crippen LogP contribution in [-0.2, 0) is 13.6 Å². The third-order valence-corrected chi connectivity index (χ3v) is 3.06. The first-order valence-electron chi connectivity index (χ1n) is 4.89. The molecule has 2 rings (SSSR count). The molecule has 1 heterocycles. The maximum absolute atomic E-state index is 4.52. The fraction of sp³-hybridized carbons (Fsp3) is 0.364.